The van der Waals surface area contributed by atoms with E-state index >= 15 is 0 Å². The Morgan fingerprint density at radius 1 is 1.10 bits per heavy atom. The maximum atomic E-state index is 13.5. The van der Waals surface area contributed by atoms with E-state index in [4.69, 9.17) is 0 Å². The van der Waals surface area contributed by atoms with Crippen LogP contribution in [0.4, 0.5) is 9.18 Å². The number of hydrogen-bond acceptors (Lipinski definition) is 3. The van der Waals surface area contributed by atoms with Gasteiger partial charge in [-0.1, -0.05) is 29.8 Å². The molecule has 0 unspecified atom stereocenters. The molecule has 0 atom stereocenters. The van der Waals surface area contributed by atoms with Crippen molar-refractivity contribution in [2.75, 3.05) is 13.1 Å². The normalized spacial score (nSPS) is 15.2. The quantitative estimate of drug-likeness (QED) is 0.482. The number of hydrogen-bond donors (Lipinski definition) is 0. The molecule has 3 aliphatic rings. The highest BCUT2D eigenvalue weighted by Crippen LogP contribution is 2.29. The van der Waals surface area contributed by atoms with Crippen molar-refractivity contribution in [1.82, 2.24) is 19.2 Å². The molecule has 3 heterocycles. The van der Waals surface area contributed by atoms with Gasteiger partial charge < -0.3 is 4.90 Å². The molecule has 0 spiro atoms. The SMILES string of the molecule is Cc1ccc2c(c1)c1nn(-c3ccccc3)c(=O)c-1cn2C(=O)N1CCC(F)CC1. The van der Waals surface area contributed by atoms with Crippen LogP contribution in [0.25, 0.3) is 27.8 Å². The summed E-state index contributed by atoms with van der Waals surface area (Å²) in [5, 5.41) is 5.33. The third-order valence-corrected chi connectivity index (χ3v) is 5.70. The Labute approximate surface area is 172 Å². The van der Waals surface area contributed by atoms with E-state index in [1.54, 1.807) is 11.1 Å². The Hall–Kier alpha value is -3.48. The van der Waals surface area contributed by atoms with E-state index in [-0.39, 0.29) is 11.6 Å². The summed E-state index contributed by atoms with van der Waals surface area (Å²) in [6.07, 6.45) is 1.39. The van der Waals surface area contributed by atoms with Crippen LogP contribution in [-0.2, 0) is 0 Å². The molecule has 2 aromatic carbocycles. The van der Waals surface area contributed by atoms with Gasteiger partial charge in [-0.25, -0.2) is 9.18 Å². The zero-order valence-corrected chi connectivity index (χ0v) is 16.6. The number of piperidine rings is 1. The lowest BCUT2D eigenvalue weighted by Crippen LogP contribution is -2.41. The fourth-order valence-electron chi connectivity index (χ4n) is 4.07. The predicted octanol–water partition coefficient (Wildman–Crippen LogP) is 4.00. The molecule has 0 aromatic heterocycles. The third-order valence-electron chi connectivity index (χ3n) is 5.70. The smallest absolute Gasteiger partial charge is 0.324 e. The van der Waals surface area contributed by atoms with E-state index in [1.807, 2.05) is 55.5 Å². The van der Waals surface area contributed by atoms with E-state index in [9.17, 15) is 14.0 Å². The summed E-state index contributed by atoms with van der Waals surface area (Å²) < 4.78 is 16.4. The average molecular weight is 404 g/mol. The maximum absolute atomic E-state index is 13.5. The largest absolute Gasteiger partial charge is 0.328 e. The molecule has 0 N–H and O–H groups in total. The van der Waals surface area contributed by atoms with Gasteiger partial charge in [-0.05, 0) is 44.0 Å². The van der Waals surface area contributed by atoms with Crippen molar-refractivity contribution in [1.29, 1.82) is 0 Å². The number of fused-ring (bicyclic) bond motifs is 3. The Balaban J connectivity index is 1.73. The molecule has 0 aliphatic carbocycles. The van der Waals surface area contributed by atoms with Gasteiger partial charge in [0.2, 0.25) is 0 Å². The van der Waals surface area contributed by atoms with Crippen LogP contribution < -0.4 is 5.56 Å². The number of likely N-dealkylation sites (tertiary alicyclic amines) is 1. The number of carbonyl (C=O) groups excluding carboxylic acids is 1. The molecular formula is C23H21FN4O2. The van der Waals surface area contributed by atoms with Crippen LogP contribution in [0.3, 0.4) is 0 Å². The number of amides is 1. The van der Waals surface area contributed by atoms with Crippen LogP contribution in [0.1, 0.15) is 18.4 Å². The van der Waals surface area contributed by atoms with Crippen LogP contribution in [0.5, 0.6) is 0 Å². The highest BCUT2D eigenvalue weighted by molar-refractivity contribution is 5.99. The average Bonchev–Trinajstić information content (AvgIpc) is 3.10. The standard InChI is InChI=1S/C23H21FN4O2/c1-15-7-8-20-18(13-15)21-19(22(29)28(25-21)17-5-3-2-4-6-17)14-27(20)23(30)26-11-9-16(24)10-12-26/h2-8,13-14,16H,9-12H2,1H3. The van der Waals surface area contributed by atoms with Crippen LogP contribution >= 0.6 is 0 Å². The fourth-order valence-corrected chi connectivity index (χ4v) is 4.07. The first-order chi connectivity index (χ1) is 14.5. The number of alkyl halides is 1. The van der Waals surface area contributed by atoms with Gasteiger partial charge in [0.25, 0.3) is 5.56 Å². The van der Waals surface area contributed by atoms with E-state index in [0.717, 1.165) is 10.9 Å². The number of aromatic nitrogens is 3. The van der Waals surface area contributed by atoms with E-state index < -0.39 is 6.17 Å². The van der Waals surface area contributed by atoms with Crippen LogP contribution in [-0.4, -0.2) is 44.5 Å². The number of pyridine rings is 1. The van der Waals surface area contributed by atoms with Crippen molar-refractivity contribution < 1.29 is 9.18 Å². The monoisotopic (exact) mass is 404 g/mol. The van der Waals surface area contributed by atoms with Crippen molar-refractivity contribution in [3.63, 3.8) is 0 Å². The summed E-state index contributed by atoms with van der Waals surface area (Å²) >= 11 is 0. The lowest BCUT2D eigenvalue weighted by atomic mass is 10.1. The van der Waals surface area contributed by atoms with Gasteiger partial charge in [-0.2, -0.15) is 9.78 Å². The Kier molecular flexibility index (Phi) is 4.38. The molecule has 0 bridgehead atoms. The highest BCUT2D eigenvalue weighted by atomic mass is 19.1. The third kappa shape index (κ3) is 2.98. The minimum atomic E-state index is -0.863. The lowest BCUT2D eigenvalue weighted by Gasteiger charge is -2.29. The minimum Gasteiger partial charge on any atom is -0.324 e. The molecule has 1 fully saturated rings. The molecule has 3 aliphatic heterocycles. The number of carbonyl (C=O) groups is 1. The fraction of sp³-hybridized carbons (Fsp3) is 0.261. The van der Waals surface area contributed by atoms with Crippen molar-refractivity contribution in [3.8, 4) is 16.9 Å². The predicted molar refractivity (Wildman–Crippen MR) is 113 cm³/mol. The number of benzene rings is 2. The van der Waals surface area contributed by atoms with E-state index in [1.165, 1.54) is 9.25 Å². The van der Waals surface area contributed by atoms with Crippen molar-refractivity contribution in [3.05, 3.63) is 70.6 Å². The molecule has 1 amide bonds. The van der Waals surface area contributed by atoms with E-state index in [2.05, 4.69) is 5.10 Å². The molecule has 5 rings (SSSR count). The van der Waals surface area contributed by atoms with Gasteiger partial charge in [0.05, 0.1) is 16.8 Å². The molecule has 152 valence electrons. The molecule has 6 nitrogen and oxygen atoms in total. The van der Waals surface area contributed by atoms with Gasteiger partial charge in [0.15, 0.2) is 0 Å². The van der Waals surface area contributed by atoms with Crippen LogP contribution in [0, 0.1) is 6.92 Å². The summed E-state index contributed by atoms with van der Waals surface area (Å²) in [4.78, 5) is 28.1. The van der Waals surface area contributed by atoms with Gasteiger partial charge in [0.1, 0.15) is 11.9 Å². The van der Waals surface area contributed by atoms with Gasteiger partial charge >= 0.3 is 6.03 Å². The molecule has 1 saturated heterocycles. The maximum Gasteiger partial charge on any atom is 0.328 e. The molecule has 0 saturated carbocycles. The number of rotatable bonds is 1. The Bertz CT molecular complexity index is 1270. The van der Waals surface area contributed by atoms with Crippen molar-refractivity contribution in [2.45, 2.75) is 25.9 Å². The Morgan fingerprint density at radius 3 is 2.57 bits per heavy atom. The number of halogens is 1. The topological polar surface area (TPSA) is 60.1 Å². The van der Waals surface area contributed by atoms with Crippen molar-refractivity contribution >= 4 is 16.9 Å². The minimum absolute atomic E-state index is 0.246. The van der Waals surface area contributed by atoms with E-state index in [0.29, 0.717) is 48.4 Å². The second kappa shape index (κ2) is 7.09. The second-order valence-corrected chi connectivity index (χ2v) is 7.78. The van der Waals surface area contributed by atoms with Gasteiger partial charge in [-0.15, -0.1) is 0 Å². The molecular weight excluding hydrogens is 383 g/mol. The Morgan fingerprint density at radius 2 is 1.83 bits per heavy atom. The molecule has 7 heteroatoms. The second-order valence-electron chi connectivity index (χ2n) is 7.78. The first-order valence-corrected chi connectivity index (χ1v) is 10.1. The zero-order valence-electron chi connectivity index (χ0n) is 16.6. The summed E-state index contributed by atoms with van der Waals surface area (Å²) in [6.45, 7) is 2.69. The summed E-state index contributed by atoms with van der Waals surface area (Å²) in [6, 6.07) is 14.7. The summed E-state index contributed by atoms with van der Waals surface area (Å²) in [5.41, 5.74) is 3.03. The van der Waals surface area contributed by atoms with Gasteiger partial charge in [-0.3, -0.25) is 9.36 Å². The van der Waals surface area contributed by atoms with Gasteiger partial charge in [0, 0.05) is 24.7 Å². The lowest BCUT2D eigenvalue weighted by molar-refractivity contribution is 0.154. The summed E-state index contributed by atoms with van der Waals surface area (Å²) in [5.74, 6) is 0. The molecule has 30 heavy (non-hydrogen) atoms. The van der Waals surface area contributed by atoms with Crippen molar-refractivity contribution in [2.24, 2.45) is 0 Å². The number of nitrogens with zero attached hydrogens (tertiary/aromatic N) is 4. The number of aryl methyl sites for hydroxylation is 1. The zero-order chi connectivity index (χ0) is 20.8. The molecule has 2 aromatic rings. The first-order valence-electron chi connectivity index (χ1n) is 10.1. The number of para-hydroxylation sites is 1. The highest BCUT2D eigenvalue weighted by Gasteiger charge is 2.27. The molecule has 0 radical (unpaired) electrons. The van der Waals surface area contributed by atoms with Crippen LogP contribution in [0.15, 0.2) is 59.5 Å². The summed E-state index contributed by atoms with van der Waals surface area (Å²) in [7, 11) is 0. The van der Waals surface area contributed by atoms with Crippen LogP contribution in [0.2, 0.25) is 0 Å². The first kappa shape index (κ1) is 18.5.